The molecule has 0 aliphatic heterocycles. The van der Waals surface area contributed by atoms with Crippen molar-refractivity contribution in [3.63, 3.8) is 0 Å². The normalized spacial score (nSPS) is 19.2. The molecule has 2 rings (SSSR count). The smallest absolute Gasteiger partial charge is 0.104 e. The molecule has 0 saturated heterocycles. The summed E-state index contributed by atoms with van der Waals surface area (Å²) in [6.07, 6.45) is 6.04. The van der Waals surface area contributed by atoms with Crippen molar-refractivity contribution in [2.24, 2.45) is 5.90 Å². The maximum Gasteiger partial charge on any atom is 0.104 e. The Labute approximate surface area is 103 Å². The molecule has 1 aromatic rings. The van der Waals surface area contributed by atoms with Gasteiger partial charge in [-0.05, 0) is 29.9 Å². The van der Waals surface area contributed by atoms with Gasteiger partial charge in [-0.15, -0.1) is 0 Å². The third kappa shape index (κ3) is 3.28. The molecule has 3 nitrogen and oxygen atoms in total. The second-order valence-corrected chi connectivity index (χ2v) is 4.85. The minimum absolute atomic E-state index is 0.142. The minimum Gasteiger partial charge on any atom is -0.386 e. The van der Waals surface area contributed by atoms with Crippen LogP contribution in [0, 0.1) is 0 Å². The fourth-order valence-electron chi connectivity index (χ4n) is 2.61. The largest absolute Gasteiger partial charge is 0.386 e. The van der Waals surface area contributed by atoms with Gasteiger partial charge in [0, 0.05) is 0 Å². The summed E-state index contributed by atoms with van der Waals surface area (Å²) in [4.78, 5) is 4.45. The summed E-state index contributed by atoms with van der Waals surface area (Å²) in [5, 5.41) is 9.72. The van der Waals surface area contributed by atoms with Gasteiger partial charge in [0.15, 0.2) is 0 Å². The second-order valence-electron chi connectivity index (χ2n) is 4.85. The molecule has 3 heteroatoms. The van der Waals surface area contributed by atoms with E-state index in [1.807, 2.05) is 12.1 Å². The standard InChI is InChI=1S/C14H21NO2/c15-17-10-14(16)13-8-6-12(7-9-13)11-4-2-1-3-5-11/h6-9,11,14,16H,1-5,10,15H2. The van der Waals surface area contributed by atoms with Crippen LogP contribution in [0.1, 0.15) is 55.3 Å². The summed E-state index contributed by atoms with van der Waals surface area (Å²) in [6, 6.07) is 8.22. The van der Waals surface area contributed by atoms with Gasteiger partial charge < -0.3 is 9.94 Å². The van der Waals surface area contributed by atoms with E-state index in [0.29, 0.717) is 5.92 Å². The maximum atomic E-state index is 9.72. The molecular formula is C14H21NO2. The molecule has 1 fully saturated rings. The van der Waals surface area contributed by atoms with Crippen LogP contribution in [0.3, 0.4) is 0 Å². The SMILES string of the molecule is NOCC(O)c1ccc(C2CCCCC2)cc1. The number of hydrogen-bond donors (Lipinski definition) is 2. The fraction of sp³-hybridized carbons (Fsp3) is 0.571. The van der Waals surface area contributed by atoms with Gasteiger partial charge >= 0.3 is 0 Å². The average molecular weight is 235 g/mol. The number of aliphatic hydroxyl groups excluding tert-OH is 1. The lowest BCUT2D eigenvalue weighted by atomic mass is 9.84. The van der Waals surface area contributed by atoms with E-state index in [2.05, 4.69) is 17.0 Å². The summed E-state index contributed by atoms with van der Waals surface area (Å²) in [5.74, 6) is 5.66. The topological polar surface area (TPSA) is 55.5 Å². The molecule has 0 bridgehead atoms. The molecule has 17 heavy (non-hydrogen) atoms. The lowest BCUT2D eigenvalue weighted by Gasteiger charge is -2.22. The highest BCUT2D eigenvalue weighted by Crippen LogP contribution is 2.32. The fourth-order valence-corrected chi connectivity index (χ4v) is 2.61. The molecular weight excluding hydrogens is 214 g/mol. The number of aliphatic hydroxyl groups is 1. The third-order valence-corrected chi connectivity index (χ3v) is 3.65. The Balaban J connectivity index is 2.01. The zero-order valence-electron chi connectivity index (χ0n) is 10.1. The first-order chi connectivity index (χ1) is 8.31. The van der Waals surface area contributed by atoms with Gasteiger partial charge in [0.25, 0.3) is 0 Å². The van der Waals surface area contributed by atoms with Crippen LogP contribution in [0.25, 0.3) is 0 Å². The molecule has 1 aliphatic rings. The van der Waals surface area contributed by atoms with Crippen LogP contribution in [0.4, 0.5) is 0 Å². The summed E-state index contributed by atoms with van der Waals surface area (Å²) in [6.45, 7) is 0.142. The van der Waals surface area contributed by atoms with Crippen molar-refractivity contribution >= 4 is 0 Å². The maximum absolute atomic E-state index is 9.72. The highest BCUT2D eigenvalue weighted by molar-refractivity contribution is 5.27. The minimum atomic E-state index is -0.625. The molecule has 0 radical (unpaired) electrons. The molecule has 1 aliphatic carbocycles. The molecule has 0 amide bonds. The van der Waals surface area contributed by atoms with Gasteiger partial charge in [0.05, 0.1) is 6.61 Å². The molecule has 3 N–H and O–H groups in total. The average Bonchev–Trinajstić information content (AvgIpc) is 2.40. The van der Waals surface area contributed by atoms with Crippen LogP contribution >= 0.6 is 0 Å². The van der Waals surface area contributed by atoms with Gasteiger partial charge in [0.1, 0.15) is 6.10 Å². The second kappa shape index (κ2) is 6.15. The van der Waals surface area contributed by atoms with E-state index in [1.54, 1.807) is 0 Å². The van der Waals surface area contributed by atoms with E-state index in [0.717, 1.165) is 5.56 Å². The summed E-state index contributed by atoms with van der Waals surface area (Å²) in [5.41, 5.74) is 2.27. The van der Waals surface area contributed by atoms with Crippen molar-refractivity contribution in [3.8, 4) is 0 Å². The van der Waals surface area contributed by atoms with Crippen LogP contribution < -0.4 is 5.90 Å². The van der Waals surface area contributed by atoms with E-state index < -0.39 is 6.10 Å². The van der Waals surface area contributed by atoms with Gasteiger partial charge in [-0.2, -0.15) is 0 Å². The van der Waals surface area contributed by atoms with Crippen molar-refractivity contribution in [2.45, 2.75) is 44.1 Å². The van der Waals surface area contributed by atoms with Crippen LogP contribution in [0.15, 0.2) is 24.3 Å². The van der Waals surface area contributed by atoms with Gasteiger partial charge in [-0.1, -0.05) is 43.5 Å². The van der Waals surface area contributed by atoms with Crippen molar-refractivity contribution in [2.75, 3.05) is 6.61 Å². The van der Waals surface area contributed by atoms with E-state index in [9.17, 15) is 5.11 Å². The monoisotopic (exact) mass is 235 g/mol. The van der Waals surface area contributed by atoms with Crippen molar-refractivity contribution in [3.05, 3.63) is 35.4 Å². The van der Waals surface area contributed by atoms with Crippen LogP contribution in [0.2, 0.25) is 0 Å². The van der Waals surface area contributed by atoms with Gasteiger partial charge in [0.2, 0.25) is 0 Å². The Morgan fingerprint density at radius 2 is 1.82 bits per heavy atom. The Bertz CT molecular complexity index is 331. The van der Waals surface area contributed by atoms with Crippen LogP contribution in [-0.4, -0.2) is 11.7 Å². The zero-order valence-corrected chi connectivity index (χ0v) is 10.1. The Hall–Kier alpha value is -0.900. The number of hydrogen-bond acceptors (Lipinski definition) is 3. The third-order valence-electron chi connectivity index (χ3n) is 3.65. The molecule has 1 saturated carbocycles. The number of rotatable bonds is 4. The quantitative estimate of drug-likeness (QED) is 0.789. The molecule has 1 aromatic carbocycles. The first kappa shape index (κ1) is 12.6. The number of benzene rings is 1. The van der Waals surface area contributed by atoms with Gasteiger partial charge in [-0.3, -0.25) is 0 Å². The van der Waals surface area contributed by atoms with Crippen LogP contribution in [0.5, 0.6) is 0 Å². The van der Waals surface area contributed by atoms with E-state index in [-0.39, 0.29) is 6.61 Å². The van der Waals surface area contributed by atoms with Crippen molar-refractivity contribution < 1.29 is 9.94 Å². The molecule has 0 aromatic heterocycles. The predicted molar refractivity (Wildman–Crippen MR) is 67.4 cm³/mol. The van der Waals surface area contributed by atoms with Crippen LogP contribution in [-0.2, 0) is 4.84 Å². The summed E-state index contributed by atoms with van der Waals surface area (Å²) < 4.78 is 0. The first-order valence-corrected chi connectivity index (χ1v) is 6.41. The molecule has 1 unspecified atom stereocenters. The van der Waals surface area contributed by atoms with E-state index >= 15 is 0 Å². The summed E-state index contributed by atoms with van der Waals surface area (Å²) in [7, 11) is 0. The number of nitrogens with two attached hydrogens (primary N) is 1. The lowest BCUT2D eigenvalue weighted by Crippen LogP contribution is -2.11. The Morgan fingerprint density at radius 3 is 2.41 bits per heavy atom. The Morgan fingerprint density at radius 1 is 1.18 bits per heavy atom. The molecule has 1 atom stereocenters. The van der Waals surface area contributed by atoms with Crippen molar-refractivity contribution in [1.82, 2.24) is 0 Å². The highest BCUT2D eigenvalue weighted by Gasteiger charge is 2.15. The molecule has 0 spiro atoms. The van der Waals surface area contributed by atoms with Gasteiger partial charge in [-0.25, -0.2) is 5.90 Å². The van der Waals surface area contributed by atoms with E-state index in [4.69, 9.17) is 5.90 Å². The van der Waals surface area contributed by atoms with E-state index in [1.165, 1.54) is 37.7 Å². The lowest BCUT2D eigenvalue weighted by molar-refractivity contribution is 0.0359. The Kier molecular flexibility index (Phi) is 4.54. The molecule has 94 valence electrons. The predicted octanol–water partition coefficient (Wildman–Crippen LogP) is 2.66. The zero-order chi connectivity index (χ0) is 12.1. The first-order valence-electron chi connectivity index (χ1n) is 6.41. The summed E-state index contributed by atoms with van der Waals surface area (Å²) >= 11 is 0. The molecule has 0 heterocycles. The highest BCUT2D eigenvalue weighted by atomic mass is 16.6. The van der Waals surface area contributed by atoms with Crippen molar-refractivity contribution in [1.29, 1.82) is 0 Å².